The molecule has 5 rings (SSSR count). The molecular weight excluding hydrogens is 410 g/mol. The fourth-order valence-electron chi connectivity index (χ4n) is 4.66. The summed E-state index contributed by atoms with van der Waals surface area (Å²) in [4.78, 5) is 29.7. The topological polar surface area (TPSA) is 61.9 Å². The highest BCUT2D eigenvalue weighted by molar-refractivity contribution is 9.10. The average Bonchev–Trinajstić information content (AvgIpc) is 3.23. The molecule has 0 aromatic heterocycles. The number of carbonyl (C=O) groups excluding carboxylic acids is 2. The standard InChI is InChI=1S/C20H24BrN3O3/c21-13-1-2-16-17(7-13)20(4-5-20)12-24(19(16)26)9-18(25)22-14-3-6-23(8-14)15-10-27-11-15/h1-2,7,14-15H,3-6,8-12H2,(H,22,25)/t14-/m1/s1. The van der Waals surface area contributed by atoms with Crippen LogP contribution in [0.5, 0.6) is 0 Å². The van der Waals surface area contributed by atoms with Crippen molar-refractivity contribution in [1.29, 1.82) is 0 Å². The molecule has 4 aliphatic rings. The first kappa shape index (κ1) is 17.6. The first-order valence-electron chi connectivity index (χ1n) is 9.75. The lowest BCUT2D eigenvalue weighted by atomic mass is 9.86. The number of likely N-dealkylation sites (tertiary alicyclic amines) is 1. The lowest BCUT2D eigenvalue weighted by Crippen LogP contribution is -2.51. The molecule has 144 valence electrons. The summed E-state index contributed by atoms with van der Waals surface area (Å²) < 4.78 is 6.27. The maximum absolute atomic E-state index is 12.9. The van der Waals surface area contributed by atoms with Gasteiger partial charge < -0.3 is 15.0 Å². The number of nitrogens with zero attached hydrogens (tertiary/aromatic N) is 2. The SMILES string of the molecule is O=C(CN1CC2(CC2)c2cc(Br)ccc2C1=O)N[C@@H]1CCN(C2COC2)C1. The molecule has 1 aromatic rings. The van der Waals surface area contributed by atoms with E-state index in [9.17, 15) is 9.59 Å². The molecule has 3 aliphatic heterocycles. The number of rotatable bonds is 4. The van der Waals surface area contributed by atoms with Crippen LogP contribution in [-0.4, -0.2) is 73.1 Å². The zero-order valence-electron chi connectivity index (χ0n) is 15.2. The molecule has 6 nitrogen and oxygen atoms in total. The van der Waals surface area contributed by atoms with Crippen LogP contribution < -0.4 is 5.32 Å². The molecule has 7 heteroatoms. The fourth-order valence-corrected chi connectivity index (χ4v) is 5.02. The van der Waals surface area contributed by atoms with Crippen molar-refractivity contribution in [1.82, 2.24) is 15.1 Å². The third kappa shape index (κ3) is 3.19. The Hall–Kier alpha value is -1.44. The van der Waals surface area contributed by atoms with Crippen molar-refractivity contribution < 1.29 is 14.3 Å². The fraction of sp³-hybridized carbons (Fsp3) is 0.600. The van der Waals surface area contributed by atoms with Crippen LogP contribution in [0.15, 0.2) is 22.7 Å². The van der Waals surface area contributed by atoms with Gasteiger partial charge in [0, 0.05) is 41.1 Å². The van der Waals surface area contributed by atoms with Gasteiger partial charge in [0.25, 0.3) is 5.91 Å². The van der Waals surface area contributed by atoms with Crippen LogP contribution in [-0.2, 0) is 14.9 Å². The van der Waals surface area contributed by atoms with Gasteiger partial charge in [0.2, 0.25) is 5.91 Å². The van der Waals surface area contributed by atoms with Crippen LogP contribution in [0.3, 0.4) is 0 Å². The second-order valence-electron chi connectivity index (χ2n) is 8.37. The Labute approximate surface area is 167 Å². The molecule has 2 saturated heterocycles. The monoisotopic (exact) mass is 433 g/mol. The third-order valence-corrected chi connectivity index (χ3v) is 6.97. The Balaban J connectivity index is 1.23. The van der Waals surface area contributed by atoms with Crippen molar-refractivity contribution in [2.75, 3.05) is 39.4 Å². The lowest BCUT2D eigenvalue weighted by Gasteiger charge is -2.35. The predicted octanol–water partition coefficient (Wildman–Crippen LogP) is 1.53. The summed E-state index contributed by atoms with van der Waals surface area (Å²) in [6, 6.07) is 6.57. The van der Waals surface area contributed by atoms with Gasteiger partial charge >= 0.3 is 0 Å². The molecular formula is C20H24BrN3O3. The van der Waals surface area contributed by atoms with Crippen molar-refractivity contribution in [3.05, 3.63) is 33.8 Å². The van der Waals surface area contributed by atoms with Crippen LogP contribution in [0.25, 0.3) is 0 Å². The molecule has 1 aliphatic carbocycles. The number of benzene rings is 1. The summed E-state index contributed by atoms with van der Waals surface area (Å²) in [5.74, 6) is -0.0683. The van der Waals surface area contributed by atoms with Crippen molar-refractivity contribution in [3.8, 4) is 0 Å². The summed E-state index contributed by atoms with van der Waals surface area (Å²) >= 11 is 3.52. The molecule has 27 heavy (non-hydrogen) atoms. The van der Waals surface area contributed by atoms with E-state index in [0.29, 0.717) is 12.6 Å². The molecule has 0 unspecified atom stereocenters. The first-order chi connectivity index (χ1) is 13.0. The van der Waals surface area contributed by atoms with E-state index < -0.39 is 0 Å². The molecule has 1 saturated carbocycles. The van der Waals surface area contributed by atoms with Crippen molar-refractivity contribution in [2.45, 2.75) is 36.8 Å². The van der Waals surface area contributed by atoms with E-state index in [2.05, 4.69) is 32.2 Å². The van der Waals surface area contributed by atoms with Gasteiger partial charge in [-0.25, -0.2) is 0 Å². The van der Waals surface area contributed by atoms with E-state index in [-0.39, 0.29) is 29.8 Å². The molecule has 3 heterocycles. The molecule has 0 radical (unpaired) electrons. The number of hydrogen-bond donors (Lipinski definition) is 1. The number of ether oxygens (including phenoxy) is 1. The number of nitrogens with one attached hydrogen (secondary N) is 1. The Morgan fingerprint density at radius 1 is 1.33 bits per heavy atom. The van der Waals surface area contributed by atoms with Crippen LogP contribution in [0.4, 0.5) is 0 Å². The summed E-state index contributed by atoms with van der Waals surface area (Å²) in [5.41, 5.74) is 1.96. The summed E-state index contributed by atoms with van der Waals surface area (Å²) in [5, 5.41) is 3.14. The minimum atomic E-state index is -0.0450. The Bertz CT molecular complexity index is 791. The highest BCUT2D eigenvalue weighted by atomic mass is 79.9. The largest absolute Gasteiger partial charge is 0.378 e. The van der Waals surface area contributed by atoms with Gasteiger partial charge in [0.05, 0.1) is 25.8 Å². The Morgan fingerprint density at radius 2 is 2.15 bits per heavy atom. The van der Waals surface area contributed by atoms with Gasteiger partial charge in [0.1, 0.15) is 0 Å². The van der Waals surface area contributed by atoms with Gasteiger partial charge in [0.15, 0.2) is 0 Å². The zero-order valence-corrected chi connectivity index (χ0v) is 16.8. The maximum Gasteiger partial charge on any atom is 0.254 e. The van der Waals surface area contributed by atoms with E-state index in [4.69, 9.17) is 4.74 Å². The highest BCUT2D eigenvalue weighted by Crippen LogP contribution is 2.52. The average molecular weight is 434 g/mol. The van der Waals surface area contributed by atoms with E-state index in [0.717, 1.165) is 61.2 Å². The van der Waals surface area contributed by atoms with Crippen LogP contribution in [0, 0.1) is 0 Å². The highest BCUT2D eigenvalue weighted by Gasteiger charge is 2.51. The second-order valence-corrected chi connectivity index (χ2v) is 9.29. The van der Waals surface area contributed by atoms with E-state index in [1.165, 1.54) is 0 Å². The molecule has 0 bridgehead atoms. The van der Waals surface area contributed by atoms with Gasteiger partial charge in [-0.1, -0.05) is 15.9 Å². The lowest BCUT2D eigenvalue weighted by molar-refractivity contribution is -0.122. The van der Waals surface area contributed by atoms with Gasteiger partial charge in [-0.15, -0.1) is 0 Å². The number of hydrogen-bond acceptors (Lipinski definition) is 4. The molecule has 2 amide bonds. The number of amides is 2. The molecule has 1 atom stereocenters. The second kappa shape index (κ2) is 6.57. The summed E-state index contributed by atoms with van der Waals surface area (Å²) in [6.45, 7) is 4.31. The summed E-state index contributed by atoms with van der Waals surface area (Å²) in [7, 11) is 0. The van der Waals surface area contributed by atoms with E-state index >= 15 is 0 Å². The summed E-state index contributed by atoms with van der Waals surface area (Å²) in [6.07, 6.45) is 3.14. The van der Waals surface area contributed by atoms with Crippen LogP contribution in [0.1, 0.15) is 35.2 Å². The Morgan fingerprint density at radius 3 is 2.85 bits per heavy atom. The van der Waals surface area contributed by atoms with Crippen LogP contribution >= 0.6 is 15.9 Å². The minimum Gasteiger partial charge on any atom is -0.378 e. The molecule has 1 N–H and O–H groups in total. The maximum atomic E-state index is 12.9. The molecule has 1 spiro atoms. The quantitative estimate of drug-likeness (QED) is 0.781. The van der Waals surface area contributed by atoms with Crippen molar-refractivity contribution in [2.24, 2.45) is 0 Å². The van der Waals surface area contributed by atoms with Gasteiger partial charge in [-0.2, -0.15) is 0 Å². The Kier molecular flexibility index (Phi) is 4.29. The molecule has 1 aromatic carbocycles. The first-order valence-corrected chi connectivity index (χ1v) is 10.5. The molecule has 3 fully saturated rings. The number of halogens is 1. The van der Waals surface area contributed by atoms with Crippen molar-refractivity contribution in [3.63, 3.8) is 0 Å². The third-order valence-electron chi connectivity index (χ3n) is 6.47. The smallest absolute Gasteiger partial charge is 0.254 e. The van der Waals surface area contributed by atoms with E-state index in [1.54, 1.807) is 4.90 Å². The van der Waals surface area contributed by atoms with E-state index in [1.807, 2.05) is 12.1 Å². The number of carbonyl (C=O) groups is 2. The minimum absolute atomic E-state index is 0.0233. The van der Waals surface area contributed by atoms with Gasteiger partial charge in [-0.3, -0.25) is 14.5 Å². The zero-order chi connectivity index (χ0) is 18.6. The van der Waals surface area contributed by atoms with Gasteiger partial charge in [-0.05, 0) is 43.0 Å². The van der Waals surface area contributed by atoms with Crippen LogP contribution in [0.2, 0.25) is 0 Å². The normalized spacial score (nSPS) is 26.8. The van der Waals surface area contributed by atoms with Crippen molar-refractivity contribution >= 4 is 27.7 Å². The number of fused-ring (bicyclic) bond motifs is 2. The predicted molar refractivity (Wildman–Crippen MR) is 104 cm³/mol.